The van der Waals surface area contributed by atoms with Gasteiger partial charge in [0.25, 0.3) is 0 Å². The van der Waals surface area contributed by atoms with Gasteiger partial charge in [0.15, 0.2) is 0 Å². The molecule has 0 aromatic rings. The zero-order valence-electron chi connectivity index (χ0n) is 17.6. The Kier molecular flexibility index (Phi) is 8.07. The van der Waals surface area contributed by atoms with Crippen molar-refractivity contribution in [3.05, 3.63) is 0 Å². The summed E-state index contributed by atoms with van der Waals surface area (Å²) in [5.41, 5.74) is 5.06. The first-order valence-electron chi connectivity index (χ1n) is 9.62. The Balaban J connectivity index is 2.33. The molecule has 0 unspecified atom stereocenters. The number of nitrogens with one attached hydrogen (secondary N) is 1. The Morgan fingerprint density at radius 2 is 1.52 bits per heavy atom. The normalized spacial score (nSPS) is 16.7. The van der Waals surface area contributed by atoms with Crippen molar-refractivity contribution in [1.29, 1.82) is 0 Å². The van der Waals surface area contributed by atoms with Crippen LogP contribution in [0.2, 0.25) is 0 Å². The van der Waals surface area contributed by atoms with Gasteiger partial charge in [-0.15, -0.1) is 0 Å². The van der Waals surface area contributed by atoms with Gasteiger partial charge >= 0.3 is 6.09 Å². The molecule has 1 rings (SSSR count). The molecule has 1 atom stereocenters. The number of amides is 3. The van der Waals surface area contributed by atoms with Crippen LogP contribution in [-0.4, -0.2) is 72.1 Å². The lowest BCUT2D eigenvalue weighted by atomic mass is 9.95. The molecule has 0 bridgehead atoms. The van der Waals surface area contributed by atoms with Gasteiger partial charge in [-0.3, -0.25) is 9.59 Å². The number of carbonyl (C=O) groups is 3. The second-order valence-corrected chi connectivity index (χ2v) is 9.05. The molecule has 0 spiro atoms. The van der Waals surface area contributed by atoms with Crippen molar-refractivity contribution < 1.29 is 19.1 Å². The molecule has 3 N–H and O–H groups in total. The van der Waals surface area contributed by atoms with Crippen molar-refractivity contribution in [2.45, 2.75) is 66.0 Å². The van der Waals surface area contributed by atoms with E-state index in [-0.39, 0.29) is 17.9 Å². The Labute approximate surface area is 162 Å². The molecule has 0 radical (unpaired) electrons. The van der Waals surface area contributed by atoms with E-state index in [1.807, 2.05) is 41.5 Å². The van der Waals surface area contributed by atoms with Gasteiger partial charge in [0, 0.05) is 38.1 Å². The standard InChI is InChI=1S/C19H36N4O4/c1-18(2,3)16(25)21-9-7-8-14(20)15(24)22-10-12-23(13-11-22)17(26)27-19(4,5)6/h14H,7-13,20H2,1-6H3,(H,21,25)/t14-/m0/s1. The fourth-order valence-corrected chi connectivity index (χ4v) is 2.58. The topological polar surface area (TPSA) is 105 Å². The summed E-state index contributed by atoms with van der Waals surface area (Å²) in [5, 5.41) is 2.86. The number of rotatable bonds is 5. The van der Waals surface area contributed by atoms with Crippen molar-refractivity contribution in [1.82, 2.24) is 15.1 Å². The van der Waals surface area contributed by atoms with Crippen molar-refractivity contribution in [2.75, 3.05) is 32.7 Å². The zero-order valence-corrected chi connectivity index (χ0v) is 17.6. The third-order valence-corrected chi connectivity index (χ3v) is 4.22. The third kappa shape index (κ3) is 8.15. The molecule has 8 heteroatoms. The van der Waals surface area contributed by atoms with Crippen LogP contribution in [0.4, 0.5) is 4.79 Å². The SMILES string of the molecule is CC(C)(C)OC(=O)N1CCN(C(=O)[C@@H](N)CCCNC(=O)C(C)(C)C)CC1. The second kappa shape index (κ2) is 9.39. The van der Waals surface area contributed by atoms with Crippen LogP contribution in [0.1, 0.15) is 54.4 Å². The largest absolute Gasteiger partial charge is 0.444 e. The van der Waals surface area contributed by atoms with Gasteiger partial charge in [0.1, 0.15) is 5.60 Å². The molecule has 1 saturated heterocycles. The molecule has 0 aliphatic carbocycles. The van der Waals surface area contributed by atoms with Gasteiger partial charge in [-0.2, -0.15) is 0 Å². The number of carbonyl (C=O) groups excluding carboxylic acids is 3. The summed E-state index contributed by atoms with van der Waals surface area (Å²) in [4.78, 5) is 39.6. The third-order valence-electron chi connectivity index (χ3n) is 4.22. The molecule has 8 nitrogen and oxygen atoms in total. The van der Waals surface area contributed by atoms with E-state index in [1.54, 1.807) is 9.80 Å². The van der Waals surface area contributed by atoms with E-state index in [1.165, 1.54) is 0 Å². The Morgan fingerprint density at radius 3 is 2.00 bits per heavy atom. The number of hydrogen-bond acceptors (Lipinski definition) is 5. The molecular formula is C19H36N4O4. The summed E-state index contributed by atoms with van der Waals surface area (Å²) in [7, 11) is 0. The minimum absolute atomic E-state index is 0.0133. The first kappa shape index (κ1) is 23.2. The lowest BCUT2D eigenvalue weighted by Gasteiger charge is -2.36. The molecule has 0 aromatic carbocycles. The summed E-state index contributed by atoms with van der Waals surface area (Å²) in [6.07, 6.45) is 0.802. The molecule has 1 heterocycles. The van der Waals surface area contributed by atoms with Gasteiger partial charge in [-0.1, -0.05) is 20.8 Å². The Bertz CT molecular complexity index is 529. The molecule has 156 valence electrons. The van der Waals surface area contributed by atoms with Crippen molar-refractivity contribution >= 4 is 17.9 Å². The van der Waals surface area contributed by atoms with Crippen LogP contribution in [0.5, 0.6) is 0 Å². The highest BCUT2D eigenvalue weighted by molar-refractivity contribution is 5.82. The van der Waals surface area contributed by atoms with E-state index >= 15 is 0 Å². The number of hydrogen-bond donors (Lipinski definition) is 2. The highest BCUT2D eigenvalue weighted by Gasteiger charge is 2.29. The maximum atomic E-state index is 12.5. The summed E-state index contributed by atoms with van der Waals surface area (Å²) < 4.78 is 5.35. The number of ether oxygens (including phenoxy) is 1. The lowest BCUT2D eigenvalue weighted by molar-refractivity contribution is -0.134. The average molecular weight is 385 g/mol. The Hall–Kier alpha value is -1.83. The van der Waals surface area contributed by atoms with Crippen LogP contribution in [0.15, 0.2) is 0 Å². The van der Waals surface area contributed by atoms with Gasteiger partial charge in [-0.05, 0) is 33.6 Å². The average Bonchev–Trinajstić information content (AvgIpc) is 2.55. The van der Waals surface area contributed by atoms with Gasteiger partial charge in [-0.25, -0.2) is 4.79 Å². The summed E-state index contributed by atoms with van der Waals surface area (Å²) >= 11 is 0. The van der Waals surface area contributed by atoms with Gasteiger partial charge < -0.3 is 25.6 Å². The van der Waals surface area contributed by atoms with Crippen LogP contribution < -0.4 is 11.1 Å². The molecule has 0 saturated carbocycles. The molecule has 3 amide bonds. The first-order chi connectivity index (χ1) is 12.3. The monoisotopic (exact) mass is 384 g/mol. The number of nitrogens with two attached hydrogens (primary N) is 1. The van der Waals surface area contributed by atoms with Gasteiger partial charge in [0.2, 0.25) is 11.8 Å². The smallest absolute Gasteiger partial charge is 0.410 e. The Morgan fingerprint density at radius 1 is 1.00 bits per heavy atom. The fourth-order valence-electron chi connectivity index (χ4n) is 2.58. The van der Waals surface area contributed by atoms with E-state index in [0.29, 0.717) is 45.6 Å². The maximum Gasteiger partial charge on any atom is 0.410 e. The van der Waals surface area contributed by atoms with Crippen molar-refractivity contribution in [3.63, 3.8) is 0 Å². The minimum atomic E-state index is -0.593. The molecular weight excluding hydrogens is 348 g/mol. The molecule has 0 aromatic heterocycles. The molecule has 27 heavy (non-hydrogen) atoms. The van der Waals surface area contributed by atoms with Gasteiger partial charge in [0.05, 0.1) is 6.04 Å². The predicted octanol–water partition coefficient (Wildman–Crippen LogP) is 1.34. The molecule has 1 fully saturated rings. The van der Waals surface area contributed by atoms with E-state index in [4.69, 9.17) is 10.5 Å². The van der Waals surface area contributed by atoms with Crippen LogP contribution in [0.25, 0.3) is 0 Å². The highest BCUT2D eigenvalue weighted by Crippen LogP contribution is 2.14. The summed E-state index contributed by atoms with van der Waals surface area (Å²) in [5.74, 6) is -0.123. The highest BCUT2D eigenvalue weighted by atomic mass is 16.6. The number of piperazine rings is 1. The zero-order chi connectivity index (χ0) is 20.8. The van der Waals surface area contributed by atoms with Crippen LogP contribution in [0, 0.1) is 5.41 Å². The maximum absolute atomic E-state index is 12.5. The van der Waals surface area contributed by atoms with E-state index < -0.39 is 17.1 Å². The van der Waals surface area contributed by atoms with Crippen LogP contribution >= 0.6 is 0 Å². The van der Waals surface area contributed by atoms with Crippen LogP contribution in [-0.2, 0) is 14.3 Å². The second-order valence-electron chi connectivity index (χ2n) is 9.05. The molecule has 1 aliphatic rings. The van der Waals surface area contributed by atoms with Crippen molar-refractivity contribution in [3.8, 4) is 0 Å². The van der Waals surface area contributed by atoms with Crippen molar-refractivity contribution in [2.24, 2.45) is 11.1 Å². The minimum Gasteiger partial charge on any atom is -0.444 e. The predicted molar refractivity (Wildman–Crippen MR) is 104 cm³/mol. The summed E-state index contributed by atoms with van der Waals surface area (Å²) in [6.45, 7) is 13.3. The lowest BCUT2D eigenvalue weighted by Crippen LogP contribution is -2.55. The quantitative estimate of drug-likeness (QED) is 0.696. The summed E-state index contributed by atoms with van der Waals surface area (Å²) in [6, 6.07) is -0.593. The number of nitrogens with zero attached hydrogens (tertiary/aromatic N) is 2. The molecule has 1 aliphatic heterocycles. The van der Waals surface area contributed by atoms with E-state index in [0.717, 1.165) is 0 Å². The fraction of sp³-hybridized carbons (Fsp3) is 0.842. The van der Waals surface area contributed by atoms with E-state index in [9.17, 15) is 14.4 Å². The van der Waals surface area contributed by atoms with Crippen LogP contribution in [0.3, 0.4) is 0 Å². The first-order valence-corrected chi connectivity index (χ1v) is 9.62. The van der Waals surface area contributed by atoms with E-state index in [2.05, 4.69) is 5.32 Å².